The number of benzene rings is 2. The fraction of sp³-hybridized carbons (Fsp3) is 0.0556. The molecule has 0 spiro atoms. The predicted octanol–water partition coefficient (Wildman–Crippen LogP) is 4.12. The van der Waals surface area contributed by atoms with E-state index in [0.717, 1.165) is 0 Å². The number of nitrogens with zero attached hydrogens (tertiary/aromatic N) is 3. The van der Waals surface area contributed by atoms with Crippen LogP contribution in [0.5, 0.6) is 0 Å². The summed E-state index contributed by atoms with van der Waals surface area (Å²) in [7, 11) is 0. The summed E-state index contributed by atoms with van der Waals surface area (Å²) in [6.07, 6.45) is 1.52. The number of carboxylic acids is 1. The van der Waals surface area contributed by atoms with Crippen LogP contribution in [0.1, 0.15) is 21.6 Å². The second-order valence-electron chi connectivity index (χ2n) is 5.43. The van der Waals surface area contributed by atoms with Crippen LogP contribution in [0.2, 0.25) is 5.15 Å². The molecule has 3 rings (SSSR count). The van der Waals surface area contributed by atoms with Crippen LogP contribution in [0.25, 0.3) is 5.69 Å². The van der Waals surface area contributed by atoms with Gasteiger partial charge in [-0.15, -0.1) is 0 Å². The minimum Gasteiger partial charge on any atom is -0.478 e. The van der Waals surface area contributed by atoms with E-state index in [-0.39, 0.29) is 11.4 Å². The molecule has 2 aromatic carbocycles. The minimum absolute atomic E-state index is 0.194. The number of hydrazone groups is 1. The number of anilines is 1. The molecule has 132 valence electrons. The molecule has 0 fully saturated rings. The maximum Gasteiger partial charge on any atom is 0.335 e. The van der Waals surface area contributed by atoms with Gasteiger partial charge in [0.05, 0.1) is 34.4 Å². The highest BCUT2D eigenvalue weighted by atomic mass is 35.5. The zero-order chi connectivity index (χ0) is 18.7. The Bertz CT molecular complexity index is 966. The topological polar surface area (TPSA) is 79.5 Å². The molecule has 0 saturated carbocycles. The van der Waals surface area contributed by atoms with Crippen LogP contribution in [0.4, 0.5) is 10.1 Å². The summed E-state index contributed by atoms with van der Waals surface area (Å²) < 4.78 is 14.6. The SMILES string of the molecule is Cc1nn(-c2ccc(F)cc2)c(Cl)c1/C=N\Nc1ccc(C(=O)O)cc1. The van der Waals surface area contributed by atoms with Crippen LogP contribution >= 0.6 is 11.6 Å². The molecule has 0 aliphatic carbocycles. The van der Waals surface area contributed by atoms with E-state index >= 15 is 0 Å². The van der Waals surface area contributed by atoms with Crippen molar-refractivity contribution in [2.75, 3.05) is 5.43 Å². The van der Waals surface area contributed by atoms with Gasteiger partial charge in [0.15, 0.2) is 0 Å². The Hall–Kier alpha value is -3.19. The maximum absolute atomic E-state index is 13.1. The first-order chi connectivity index (χ1) is 12.5. The van der Waals surface area contributed by atoms with E-state index in [1.807, 2.05) is 0 Å². The number of halogens is 2. The standard InChI is InChI=1S/C18H14ClFN4O2/c1-11-16(10-21-22-14-6-2-12(3-7-14)18(25)26)17(19)24(23-11)15-8-4-13(20)5-9-15/h2-10,22H,1H3,(H,25,26)/b21-10-. The van der Waals surface area contributed by atoms with E-state index in [0.29, 0.717) is 27.8 Å². The summed E-state index contributed by atoms with van der Waals surface area (Å²) in [5.74, 6) is -1.33. The van der Waals surface area contributed by atoms with E-state index in [1.54, 1.807) is 31.2 Å². The molecule has 6 nitrogen and oxygen atoms in total. The van der Waals surface area contributed by atoms with Gasteiger partial charge >= 0.3 is 5.97 Å². The van der Waals surface area contributed by atoms with Gasteiger partial charge in [0.1, 0.15) is 11.0 Å². The average Bonchev–Trinajstić information content (AvgIpc) is 2.91. The molecular weight excluding hydrogens is 359 g/mol. The lowest BCUT2D eigenvalue weighted by Gasteiger charge is -2.02. The van der Waals surface area contributed by atoms with Crippen molar-refractivity contribution in [3.05, 3.63) is 76.3 Å². The average molecular weight is 373 g/mol. The van der Waals surface area contributed by atoms with Crippen LogP contribution < -0.4 is 5.43 Å². The Labute approximate surface area is 153 Å². The number of nitrogens with one attached hydrogen (secondary N) is 1. The number of aryl methyl sites for hydroxylation is 1. The quantitative estimate of drug-likeness (QED) is 0.521. The molecule has 0 atom stereocenters. The highest BCUT2D eigenvalue weighted by molar-refractivity contribution is 6.32. The largest absolute Gasteiger partial charge is 0.478 e. The van der Waals surface area contributed by atoms with E-state index in [4.69, 9.17) is 16.7 Å². The summed E-state index contributed by atoms with van der Waals surface area (Å²) in [6, 6.07) is 12.0. The molecular formula is C18H14ClFN4O2. The second kappa shape index (κ2) is 7.37. The van der Waals surface area contributed by atoms with E-state index in [2.05, 4.69) is 15.6 Å². The second-order valence-corrected chi connectivity index (χ2v) is 5.79. The van der Waals surface area contributed by atoms with E-state index in [1.165, 1.54) is 35.2 Å². The van der Waals surface area contributed by atoms with Gasteiger partial charge in [-0.2, -0.15) is 10.2 Å². The molecule has 3 aromatic rings. The molecule has 0 aliphatic rings. The summed E-state index contributed by atoms with van der Waals surface area (Å²) in [5, 5.41) is 17.7. The van der Waals surface area contributed by atoms with Crippen LogP contribution in [0, 0.1) is 12.7 Å². The zero-order valence-electron chi connectivity index (χ0n) is 13.6. The van der Waals surface area contributed by atoms with Crippen molar-refractivity contribution in [2.24, 2.45) is 5.10 Å². The Balaban J connectivity index is 1.78. The highest BCUT2D eigenvalue weighted by Gasteiger charge is 2.13. The van der Waals surface area contributed by atoms with Gasteiger partial charge in [0.25, 0.3) is 0 Å². The molecule has 1 heterocycles. The van der Waals surface area contributed by atoms with Gasteiger partial charge in [0, 0.05) is 0 Å². The van der Waals surface area contributed by atoms with Gasteiger partial charge in [0.2, 0.25) is 0 Å². The van der Waals surface area contributed by atoms with Crippen molar-refractivity contribution in [1.29, 1.82) is 0 Å². The minimum atomic E-state index is -0.990. The summed E-state index contributed by atoms with van der Waals surface area (Å²) in [6.45, 7) is 1.79. The lowest BCUT2D eigenvalue weighted by molar-refractivity contribution is 0.0697. The molecule has 0 unspecified atom stereocenters. The van der Waals surface area contributed by atoms with Gasteiger partial charge in [-0.25, -0.2) is 13.9 Å². The first-order valence-electron chi connectivity index (χ1n) is 7.59. The van der Waals surface area contributed by atoms with E-state index < -0.39 is 5.97 Å². The fourth-order valence-corrected chi connectivity index (χ4v) is 2.59. The number of carbonyl (C=O) groups is 1. The summed E-state index contributed by atoms with van der Waals surface area (Å²) in [4.78, 5) is 10.8. The molecule has 0 radical (unpaired) electrons. The fourth-order valence-electron chi connectivity index (χ4n) is 2.27. The van der Waals surface area contributed by atoms with Crippen LogP contribution in [-0.2, 0) is 0 Å². The molecule has 2 N–H and O–H groups in total. The van der Waals surface area contributed by atoms with Crippen molar-refractivity contribution >= 4 is 29.5 Å². The Kier molecular flexibility index (Phi) is 4.99. The molecule has 8 heteroatoms. The van der Waals surface area contributed by atoms with Crippen LogP contribution in [0.15, 0.2) is 53.6 Å². The van der Waals surface area contributed by atoms with Crippen molar-refractivity contribution in [1.82, 2.24) is 9.78 Å². The Morgan fingerprint density at radius 2 is 1.88 bits per heavy atom. The van der Waals surface area contributed by atoms with Crippen LogP contribution in [0.3, 0.4) is 0 Å². The van der Waals surface area contributed by atoms with Gasteiger partial charge in [-0.1, -0.05) is 11.6 Å². The first-order valence-corrected chi connectivity index (χ1v) is 7.97. The monoisotopic (exact) mass is 372 g/mol. The third kappa shape index (κ3) is 3.73. The number of hydrogen-bond donors (Lipinski definition) is 2. The highest BCUT2D eigenvalue weighted by Crippen LogP contribution is 2.22. The lowest BCUT2D eigenvalue weighted by Crippen LogP contribution is -1.97. The summed E-state index contributed by atoms with van der Waals surface area (Å²) in [5.41, 5.74) is 5.54. The van der Waals surface area contributed by atoms with Crippen molar-refractivity contribution in [3.63, 3.8) is 0 Å². The first kappa shape index (κ1) is 17.6. The number of carboxylic acid groups (broad SMARTS) is 1. The van der Waals surface area contributed by atoms with Crippen molar-refractivity contribution < 1.29 is 14.3 Å². The Morgan fingerprint density at radius 1 is 1.23 bits per heavy atom. The molecule has 26 heavy (non-hydrogen) atoms. The Morgan fingerprint density at radius 3 is 2.50 bits per heavy atom. The lowest BCUT2D eigenvalue weighted by atomic mass is 10.2. The third-order valence-corrected chi connectivity index (χ3v) is 4.00. The third-order valence-electron chi connectivity index (χ3n) is 3.64. The number of rotatable bonds is 5. The molecule has 1 aromatic heterocycles. The molecule has 0 bridgehead atoms. The normalized spacial score (nSPS) is 11.0. The smallest absolute Gasteiger partial charge is 0.335 e. The number of aromatic carboxylic acids is 1. The summed E-state index contributed by atoms with van der Waals surface area (Å²) >= 11 is 6.36. The predicted molar refractivity (Wildman–Crippen MR) is 97.9 cm³/mol. The van der Waals surface area contributed by atoms with Gasteiger partial charge in [-0.05, 0) is 55.5 Å². The maximum atomic E-state index is 13.1. The van der Waals surface area contributed by atoms with E-state index in [9.17, 15) is 9.18 Å². The zero-order valence-corrected chi connectivity index (χ0v) is 14.4. The van der Waals surface area contributed by atoms with Gasteiger partial charge in [-0.3, -0.25) is 5.43 Å². The molecule has 0 aliphatic heterocycles. The van der Waals surface area contributed by atoms with Crippen LogP contribution in [-0.4, -0.2) is 27.1 Å². The molecule has 0 amide bonds. The number of hydrogen-bond acceptors (Lipinski definition) is 4. The van der Waals surface area contributed by atoms with Crippen molar-refractivity contribution in [3.8, 4) is 5.69 Å². The van der Waals surface area contributed by atoms with Gasteiger partial charge < -0.3 is 5.11 Å². The van der Waals surface area contributed by atoms with Crippen molar-refractivity contribution in [2.45, 2.75) is 6.92 Å². The molecule has 0 saturated heterocycles. The number of aromatic nitrogens is 2.